The van der Waals surface area contributed by atoms with Gasteiger partial charge in [0.2, 0.25) is 0 Å². The summed E-state index contributed by atoms with van der Waals surface area (Å²) < 4.78 is 21.8. The third kappa shape index (κ3) is 12.2. The van der Waals surface area contributed by atoms with E-state index in [2.05, 4.69) is 26.1 Å². The van der Waals surface area contributed by atoms with Crippen LogP contribution in [-0.4, -0.2) is 44.5 Å². The van der Waals surface area contributed by atoms with Crippen LogP contribution in [0, 0.1) is 5.92 Å². The first-order chi connectivity index (χ1) is 6.81. The number of hydrogen-bond donors (Lipinski definition) is 1. The van der Waals surface area contributed by atoms with E-state index in [-0.39, 0.29) is 5.75 Å². The largest absolute Gasteiger partial charge is 0.315 e. The molecular formula is C10H23NO2S2. The summed E-state index contributed by atoms with van der Waals surface area (Å²) in [4.78, 5) is 0. The lowest BCUT2D eigenvalue weighted by molar-refractivity contribution is 0.554. The minimum absolute atomic E-state index is 0.284. The molecule has 1 unspecified atom stereocenters. The van der Waals surface area contributed by atoms with Crippen LogP contribution < -0.4 is 5.32 Å². The van der Waals surface area contributed by atoms with Crippen molar-refractivity contribution in [1.82, 2.24) is 5.32 Å². The SMILES string of the molecule is CC(C)CNCC(C)SCCS(C)(=O)=O. The van der Waals surface area contributed by atoms with E-state index in [0.717, 1.165) is 13.1 Å². The van der Waals surface area contributed by atoms with Crippen LogP contribution in [-0.2, 0) is 9.84 Å². The van der Waals surface area contributed by atoms with E-state index < -0.39 is 9.84 Å². The summed E-state index contributed by atoms with van der Waals surface area (Å²) in [6, 6.07) is 0. The summed E-state index contributed by atoms with van der Waals surface area (Å²) in [6.45, 7) is 8.45. The second-order valence-corrected chi connectivity index (χ2v) is 8.17. The molecule has 1 atom stereocenters. The topological polar surface area (TPSA) is 46.2 Å². The van der Waals surface area contributed by atoms with Gasteiger partial charge in [-0.2, -0.15) is 11.8 Å². The first kappa shape index (κ1) is 15.3. The maximum absolute atomic E-state index is 10.9. The Morgan fingerprint density at radius 2 is 1.80 bits per heavy atom. The molecule has 0 radical (unpaired) electrons. The standard InChI is InChI=1S/C10H23NO2S2/c1-9(2)7-11-8-10(3)14-5-6-15(4,12)13/h9-11H,5-8H2,1-4H3. The lowest BCUT2D eigenvalue weighted by atomic mass is 10.2. The van der Waals surface area contributed by atoms with Crippen molar-refractivity contribution in [2.75, 3.05) is 30.9 Å². The second kappa shape index (κ2) is 7.52. The molecule has 0 aliphatic heterocycles. The van der Waals surface area contributed by atoms with Gasteiger partial charge >= 0.3 is 0 Å². The number of sulfone groups is 1. The van der Waals surface area contributed by atoms with E-state index in [9.17, 15) is 8.42 Å². The van der Waals surface area contributed by atoms with Crippen molar-refractivity contribution < 1.29 is 8.42 Å². The van der Waals surface area contributed by atoms with Crippen LogP contribution in [0.15, 0.2) is 0 Å². The molecule has 0 heterocycles. The zero-order valence-corrected chi connectivity index (χ0v) is 11.7. The average molecular weight is 253 g/mol. The van der Waals surface area contributed by atoms with Gasteiger partial charge in [0, 0.05) is 23.8 Å². The molecule has 0 aliphatic rings. The van der Waals surface area contributed by atoms with E-state index in [4.69, 9.17) is 0 Å². The maximum atomic E-state index is 10.9. The van der Waals surface area contributed by atoms with E-state index in [0.29, 0.717) is 16.9 Å². The summed E-state index contributed by atoms with van der Waals surface area (Å²) in [6.07, 6.45) is 1.29. The van der Waals surface area contributed by atoms with Crippen LogP contribution >= 0.6 is 11.8 Å². The molecule has 0 fully saturated rings. The van der Waals surface area contributed by atoms with Crippen LogP contribution in [0.2, 0.25) is 0 Å². The first-order valence-electron chi connectivity index (χ1n) is 5.31. The Hall–Kier alpha value is 0.260. The molecule has 0 rings (SSSR count). The van der Waals surface area contributed by atoms with Crippen LogP contribution in [0.1, 0.15) is 20.8 Å². The fourth-order valence-electron chi connectivity index (χ4n) is 1.03. The third-order valence-electron chi connectivity index (χ3n) is 1.84. The Morgan fingerprint density at radius 3 is 2.27 bits per heavy atom. The molecule has 5 heteroatoms. The summed E-state index contributed by atoms with van der Waals surface area (Å²) in [7, 11) is -2.79. The lowest BCUT2D eigenvalue weighted by Gasteiger charge is -2.13. The highest BCUT2D eigenvalue weighted by Crippen LogP contribution is 2.09. The molecule has 1 N–H and O–H groups in total. The predicted octanol–water partition coefficient (Wildman–Crippen LogP) is 1.40. The molecule has 15 heavy (non-hydrogen) atoms. The van der Waals surface area contributed by atoms with Gasteiger partial charge in [-0.3, -0.25) is 0 Å². The van der Waals surface area contributed by atoms with Crippen LogP contribution in [0.5, 0.6) is 0 Å². The zero-order valence-electron chi connectivity index (χ0n) is 10.1. The van der Waals surface area contributed by atoms with Crippen molar-refractivity contribution in [2.24, 2.45) is 5.92 Å². The summed E-state index contributed by atoms with van der Waals surface area (Å²) in [5, 5.41) is 3.84. The molecule has 0 aromatic carbocycles. The van der Waals surface area contributed by atoms with Gasteiger partial charge in [0.25, 0.3) is 0 Å². The molecule has 0 bridgehead atoms. The Kier molecular flexibility index (Phi) is 7.65. The van der Waals surface area contributed by atoms with Gasteiger partial charge in [-0.25, -0.2) is 8.42 Å². The van der Waals surface area contributed by atoms with Gasteiger partial charge < -0.3 is 5.32 Å². The Bertz CT molecular complexity index is 250. The average Bonchev–Trinajstić information content (AvgIpc) is 2.00. The Morgan fingerprint density at radius 1 is 1.20 bits per heavy atom. The number of thioether (sulfide) groups is 1. The highest BCUT2D eigenvalue weighted by atomic mass is 32.2. The summed E-state index contributed by atoms with van der Waals surface area (Å²) in [5.74, 6) is 1.65. The van der Waals surface area contributed by atoms with Crippen molar-refractivity contribution in [1.29, 1.82) is 0 Å². The number of nitrogens with one attached hydrogen (secondary N) is 1. The molecule has 0 spiro atoms. The smallest absolute Gasteiger partial charge is 0.148 e. The number of rotatable bonds is 8. The highest BCUT2D eigenvalue weighted by Gasteiger charge is 2.06. The van der Waals surface area contributed by atoms with Gasteiger partial charge in [0.1, 0.15) is 9.84 Å². The highest BCUT2D eigenvalue weighted by molar-refractivity contribution is 8.01. The van der Waals surface area contributed by atoms with Gasteiger partial charge in [-0.15, -0.1) is 0 Å². The summed E-state index contributed by atoms with van der Waals surface area (Å²) in [5.41, 5.74) is 0. The quantitative estimate of drug-likeness (QED) is 0.710. The minimum Gasteiger partial charge on any atom is -0.315 e. The molecule has 0 saturated carbocycles. The molecule has 0 saturated heterocycles. The van der Waals surface area contributed by atoms with Crippen molar-refractivity contribution in [3.63, 3.8) is 0 Å². The fraction of sp³-hybridized carbons (Fsp3) is 1.00. The van der Waals surface area contributed by atoms with Crippen LogP contribution in [0.3, 0.4) is 0 Å². The zero-order chi connectivity index (χ0) is 11.9. The van der Waals surface area contributed by atoms with Crippen molar-refractivity contribution >= 4 is 21.6 Å². The van der Waals surface area contributed by atoms with Gasteiger partial charge in [0.15, 0.2) is 0 Å². The van der Waals surface area contributed by atoms with E-state index in [1.54, 1.807) is 11.8 Å². The monoisotopic (exact) mass is 253 g/mol. The molecular weight excluding hydrogens is 230 g/mol. The third-order valence-corrected chi connectivity index (χ3v) is 4.22. The van der Waals surface area contributed by atoms with E-state index in [1.807, 2.05) is 0 Å². The molecule has 0 aliphatic carbocycles. The Balaban J connectivity index is 3.45. The summed E-state index contributed by atoms with van der Waals surface area (Å²) >= 11 is 1.71. The molecule has 0 aromatic rings. The molecule has 92 valence electrons. The van der Waals surface area contributed by atoms with Gasteiger partial charge in [-0.1, -0.05) is 20.8 Å². The van der Waals surface area contributed by atoms with Crippen molar-refractivity contribution in [2.45, 2.75) is 26.0 Å². The van der Waals surface area contributed by atoms with Crippen LogP contribution in [0.4, 0.5) is 0 Å². The number of hydrogen-bond acceptors (Lipinski definition) is 4. The normalized spacial score (nSPS) is 14.5. The molecule has 0 amide bonds. The fourth-order valence-corrected chi connectivity index (χ4v) is 3.27. The van der Waals surface area contributed by atoms with E-state index >= 15 is 0 Å². The molecule has 0 aromatic heterocycles. The maximum Gasteiger partial charge on any atom is 0.148 e. The van der Waals surface area contributed by atoms with Crippen molar-refractivity contribution in [3.05, 3.63) is 0 Å². The first-order valence-corrected chi connectivity index (χ1v) is 8.42. The van der Waals surface area contributed by atoms with Gasteiger partial charge in [-0.05, 0) is 12.5 Å². The van der Waals surface area contributed by atoms with Crippen molar-refractivity contribution in [3.8, 4) is 0 Å². The second-order valence-electron chi connectivity index (χ2n) is 4.36. The van der Waals surface area contributed by atoms with Crippen LogP contribution in [0.25, 0.3) is 0 Å². The van der Waals surface area contributed by atoms with E-state index in [1.165, 1.54) is 6.26 Å². The lowest BCUT2D eigenvalue weighted by Crippen LogP contribution is -2.27. The predicted molar refractivity (Wildman–Crippen MR) is 69.3 cm³/mol. The molecule has 3 nitrogen and oxygen atoms in total. The van der Waals surface area contributed by atoms with Gasteiger partial charge in [0.05, 0.1) is 5.75 Å². The Labute approximate surface area is 98.3 Å². The minimum atomic E-state index is -2.79.